The molecule has 0 fully saturated rings. The molecule has 0 atom stereocenters. The molecule has 15 heavy (non-hydrogen) atoms. The second-order valence-corrected chi connectivity index (χ2v) is 3.20. The summed E-state index contributed by atoms with van der Waals surface area (Å²) in [5.74, 6) is -0.0639. The normalized spacial score (nSPS) is 10.5. The first kappa shape index (κ1) is 12.1. The van der Waals surface area contributed by atoms with E-state index in [0.717, 1.165) is 6.07 Å². The third-order valence-electron chi connectivity index (χ3n) is 1.58. The molecular weight excluding hydrogens is 251 g/mol. The van der Waals surface area contributed by atoms with E-state index in [9.17, 15) is 13.6 Å². The van der Waals surface area contributed by atoms with Crippen LogP contribution >= 0.6 is 23.2 Å². The molecule has 0 bridgehead atoms. The molecule has 3 nitrogen and oxygen atoms in total. The van der Waals surface area contributed by atoms with Crippen molar-refractivity contribution in [2.75, 3.05) is 7.11 Å². The molecule has 0 aromatic carbocycles. The molecule has 1 aromatic rings. The highest BCUT2D eigenvalue weighted by Gasteiger charge is 2.21. The van der Waals surface area contributed by atoms with Crippen LogP contribution in [0.25, 0.3) is 0 Å². The lowest BCUT2D eigenvalue weighted by Crippen LogP contribution is -2.02. The van der Waals surface area contributed by atoms with Crippen LogP contribution in [0.5, 0.6) is 5.75 Å². The van der Waals surface area contributed by atoms with Crippen LogP contribution in [0, 0.1) is 0 Å². The van der Waals surface area contributed by atoms with E-state index in [1.807, 2.05) is 0 Å². The largest absolute Gasteiger partial charge is 0.495 e. The Morgan fingerprint density at radius 3 is 2.60 bits per heavy atom. The summed E-state index contributed by atoms with van der Waals surface area (Å²) in [5, 5.41) is -1.28. The first-order valence-electron chi connectivity index (χ1n) is 3.69. The number of halogens is 4. The number of hydrogen-bond donors (Lipinski definition) is 0. The van der Waals surface area contributed by atoms with E-state index in [0.29, 0.717) is 0 Å². The van der Waals surface area contributed by atoms with Gasteiger partial charge in [0.1, 0.15) is 22.2 Å². The number of alkyl halides is 2. The van der Waals surface area contributed by atoms with Crippen molar-refractivity contribution in [1.29, 1.82) is 0 Å². The van der Waals surface area contributed by atoms with Crippen molar-refractivity contribution in [2.45, 2.75) is 6.43 Å². The number of nitrogens with zero attached hydrogens (tertiary/aromatic N) is 1. The number of carbonyl (C=O) groups excluding carboxylic acids is 1. The van der Waals surface area contributed by atoms with Gasteiger partial charge in [0.25, 0.3) is 11.7 Å². The van der Waals surface area contributed by atoms with Gasteiger partial charge in [-0.05, 0) is 11.6 Å². The number of ether oxygens (including phenoxy) is 1. The van der Waals surface area contributed by atoms with Gasteiger partial charge in [0.2, 0.25) is 0 Å². The molecule has 0 saturated carbocycles. The fourth-order valence-corrected chi connectivity index (χ4v) is 1.27. The monoisotopic (exact) mass is 255 g/mol. The van der Waals surface area contributed by atoms with Crippen LogP contribution in [0.2, 0.25) is 5.02 Å². The van der Waals surface area contributed by atoms with E-state index >= 15 is 0 Å². The van der Waals surface area contributed by atoms with Crippen molar-refractivity contribution >= 4 is 28.4 Å². The topological polar surface area (TPSA) is 39.2 Å². The fraction of sp³-hybridized carbons (Fsp3) is 0.250. The molecule has 0 N–H and O–H groups in total. The average Bonchev–Trinajstić information content (AvgIpc) is 2.17. The van der Waals surface area contributed by atoms with E-state index in [1.165, 1.54) is 7.11 Å². The number of pyridine rings is 1. The molecule has 7 heteroatoms. The molecule has 0 aliphatic carbocycles. The minimum absolute atomic E-state index is 0.0639. The Balaban J connectivity index is 3.38. The standard InChI is InChI=1S/C8H5Cl2F2NO2/c1-15-4-2-3(7(10)14)13-6(5(4)9)8(11)12/h2,8H,1H3. The van der Waals surface area contributed by atoms with E-state index in [-0.39, 0.29) is 16.5 Å². The minimum Gasteiger partial charge on any atom is -0.495 e. The SMILES string of the molecule is COc1cc(C(=O)Cl)nc(C(F)F)c1Cl. The number of hydrogen-bond acceptors (Lipinski definition) is 3. The van der Waals surface area contributed by atoms with Crippen LogP contribution in [0.3, 0.4) is 0 Å². The minimum atomic E-state index is -2.90. The Labute approximate surface area is 94.0 Å². The molecule has 0 spiro atoms. The zero-order valence-electron chi connectivity index (χ0n) is 7.43. The van der Waals surface area contributed by atoms with Crippen molar-refractivity contribution in [2.24, 2.45) is 0 Å². The number of aromatic nitrogens is 1. The van der Waals surface area contributed by atoms with Gasteiger partial charge in [0.15, 0.2) is 0 Å². The van der Waals surface area contributed by atoms with Gasteiger partial charge in [-0.15, -0.1) is 0 Å². The van der Waals surface area contributed by atoms with E-state index < -0.39 is 17.4 Å². The number of methoxy groups -OCH3 is 1. The second-order valence-electron chi connectivity index (χ2n) is 2.48. The maximum atomic E-state index is 12.4. The lowest BCUT2D eigenvalue weighted by Gasteiger charge is -2.08. The fourth-order valence-electron chi connectivity index (χ4n) is 0.919. The smallest absolute Gasteiger partial charge is 0.282 e. The Morgan fingerprint density at radius 2 is 2.20 bits per heavy atom. The summed E-state index contributed by atoms with van der Waals surface area (Å²) in [4.78, 5) is 14.1. The second kappa shape index (κ2) is 4.72. The van der Waals surface area contributed by atoms with Gasteiger partial charge in [-0.2, -0.15) is 0 Å². The zero-order chi connectivity index (χ0) is 11.6. The van der Waals surface area contributed by atoms with Gasteiger partial charge >= 0.3 is 0 Å². The van der Waals surface area contributed by atoms with Crippen LogP contribution in [0.15, 0.2) is 6.07 Å². The molecule has 0 saturated heterocycles. The van der Waals surface area contributed by atoms with Crippen molar-refractivity contribution in [1.82, 2.24) is 4.98 Å². The molecule has 1 rings (SSSR count). The highest BCUT2D eigenvalue weighted by Crippen LogP contribution is 2.33. The summed E-state index contributed by atoms with van der Waals surface area (Å²) < 4.78 is 29.6. The molecule has 0 amide bonds. The van der Waals surface area contributed by atoms with Gasteiger partial charge in [0, 0.05) is 6.07 Å². The third-order valence-corrected chi connectivity index (χ3v) is 2.15. The zero-order valence-corrected chi connectivity index (χ0v) is 8.94. The summed E-state index contributed by atoms with van der Waals surface area (Å²) in [6.07, 6.45) is -2.90. The number of carbonyl (C=O) groups is 1. The van der Waals surface area contributed by atoms with Crippen molar-refractivity contribution in [3.63, 3.8) is 0 Å². The van der Waals surface area contributed by atoms with Crippen LogP contribution in [0.4, 0.5) is 8.78 Å². The van der Waals surface area contributed by atoms with Crippen LogP contribution in [-0.4, -0.2) is 17.3 Å². The summed E-state index contributed by atoms with van der Waals surface area (Å²) in [7, 11) is 1.24. The van der Waals surface area contributed by atoms with Crippen LogP contribution in [-0.2, 0) is 0 Å². The summed E-state index contributed by atoms with van der Waals surface area (Å²) >= 11 is 10.7. The molecule has 1 aromatic heterocycles. The third kappa shape index (κ3) is 2.54. The molecule has 82 valence electrons. The summed E-state index contributed by atoms with van der Waals surface area (Å²) in [6, 6.07) is 1.10. The number of rotatable bonds is 3. The van der Waals surface area contributed by atoms with Gasteiger partial charge in [-0.25, -0.2) is 13.8 Å². The maximum Gasteiger partial charge on any atom is 0.282 e. The first-order valence-corrected chi connectivity index (χ1v) is 4.45. The quantitative estimate of drug-likeness (QED) is 0.780. The van der Waals surface area contributed by atoms with Crippen molar-refractivity contribution in [3.8, 4) is 5.75 Å². The lowest BCUT2D eigenvalue weighted by atomic mass is 10.3. The average molecular weight is 256 g/mol. The van der Waals surface area contributed by atoms with Gasteiger partial charge < -0.3 is 4.74 Å². The summed E-state index contributed by atoms with van der Waals surface area (Å²) in [6.45, 7) is 0. The van der Waals surface area contributed by atoms with Crippen LogP contribution in [0.1, 0.15) is 22.6 Å². The van der Waals surface area contributed by atoms with Gasteiger partial charge in [-0.1, -0.05) is 11.6 Å². The van der Waals surface area contributed by atoms with Gasteiger partial charge in [0.05, 0.1) is 7.11 Å². The predicted molar refractivity (Wildman–Crippen MR) is 50.9 cm³/mol. The molecule has 0 unspecified atom stereocenters. The lowest BCUT2D eigenvalue weighted by molar-refractivity contribution is 0.107. The molecule has 1 heterocycles. The highest BCUT2D eigenvalue weighted by atomic mass is 35.5. The predicted octanol–water partition coefficient (Wildman–Crippen LogP) is 3.06. The van der Waals surface area contributed by atoms with Crippen molar-refractivity contribution in [3.05, 3.63) is 22.5 Å². The Bertz CT molecular complexity index is 398. The summed E-state index contributed by atoms with van der Waals surface area (Å²) in [5.41, 5.74) is -1.05. The Kier molecular flexibility index (Phi) is 3.82. The van der Waals surface area contributed by atoms with E-state index in [1.54, 1.807) is 0 Å². The van der Waals surface area contributed by atoms with E-state index in [4.69, 9.17) is 27.9 Å². The Morgan fingerprint density at radius 1 is 1.60 bits per heavy atom. The molecular formula is C8H5Cl2F2NO2. The maximum absolute atomic E-state index is 12.4. The van der Waals surface area contributed by atoms with Crippen molar-refractivity contribution < 1.29 is 18.3 Å². The van der Waals surface area contributed by atoms with Gasteiger partial charge in [-0.3, -0.25) is 4.79 Å². The highest BCUT2D eigenvalue weighted by molar-refractivity contribution is 6.67. The molecule has 0 radical (unpaired) electrons. The van der Waals surface area contributed by atoms with E-state index in [2.05, 4.69) is 4.98 Å². The molecule has 0 aliphatic heterocycles. The van der Waals surface area contributed by atoms with Crippen LogP contribution < -0.4 is 4.74 Å². The first-order chi connectivity index (χ1) is 6.97. The Hall–Kier alpha value is -0.940. The molecule has 0 aliphatic rings.